The van der Waals surface area contributed by atoms with Gasteiger partial charge in [-0.15, -0.1) is 5.10 Å². The van der Waals surface area contributed by atoms with Crippen LogP contribution in [0.2, 0.25) is 5.02 Å². The molecule has 16 heavy (non-hydrogen) atoms. The second-order valence-electron chi connectivity index (χ2n) is 4.03. The molecule has 2 aromatic heterocycles. The normalized spacial score (nSPS) is 21.4. The van der Waals surface area contributed by atoms with E-state index in [4.69, 9.17) is 11.6 Å². The summed E-state index contributed by atoms with van der Waals surface area (Å²) >= 11 is 5.85. The highest BCUT2D eigenvalue weighted by atomic mass is 35.5. The average Bonchev–Trinajstić information content (AvgIpc) is 2.73. The molecule has 6 heteroatoms. The number of halogens is 1. The van der Waals surface area contributed by atoms with E-state index in [0.29, 0.717) is 16.7 Å². The molecule has 0 radical (unpaired) electrons. The minimum Gasteiger partial charge on any atom is -0.316 e. The first-order valence-electron chi connectivity index (χ1n) is 5.41. The van der Waals surface area contributed by atoms with Crippen LogP contribution in [-0.4, -0.2) is 32.7 Å². The van der Waals surface area contributed by atoms with Crippen molar-refractivity contribution in [2.45, 2.75) is 18.8 Å². The quantitative estimate of drug-likeness (QED) is 0.811. The number of nitrogens with one attached hydrogen (secondary N) is 1. The first kappa shape index (κ1) is 9.99. The largest absolute Gasteiger partial charge is 0.316 e. The lowest BCUT2D eigenvalue weighted by atomic mass is 9.99. The van der Waals surface area contributed by atoms with E-state index in [1.807, 2.05) is 0 Å². The third-order valence-corrected chi connectivity index (χ3v) is 3.04. The van der Waals surface area contributed by atoms with E-state index in [1.54, 1.807) is 16.9 Å². The molecular formula is C10H12ClN5. The van der Waals surface area contributed by atoms with Gasteiger partial charge in [-0.2, -0.15) is 4.98 Å². The van der Waals surface area contributed by atoms with Gasteiger partial charge in [0.05, 0.1) is 17.4 Å². The van der Waals surface area contributed by atoms with Gasteiger partial charge in [0.2, 0.25) is 0 Å². The summed E-state index contributed by atoms with van der Waals surface area (Å²) in [6.07, 6.45) is 5.64. The van der Waals surface area contributed by atoms with Gasteiger partial charge in [-0.1, -0.05) is 11.6 Å². The van der Waals surface area contributed by atoms with Crippen LogP contribution in [0.1, 0.15) is 24.6 Å². The van der Waals surface area contributed by atoms with Crippen LogP contribution < -0.4 is 5.32 Å². The molecule has 3 heterocycles. The Morgan fingerprint density at radius 3 is 3.25 bits per heavy atom. The maximum absolute atomic E-state index is 5.85. The molecule has 1 aliphatic heterocycles. The van der Waals surface area contributed by atoms with Crippen molar-refractivity contribution < 1.29 is 0 Å². The number of hydrogen-bond donors (Lipinski definition) is 1. The summed E-state index contributed by atoms with van der Waals surface area (Å²) in [7, 11) is 0. The van der Waals surface area contributed by atoms with Crippen LogP contribution in [0.15, 0.2) is 12.4 Å². The number of hydrogen-bond acceptors (Lipinski definition) is 4. The van der Waals surface area contributed by atoms with Crippen LogP contribution in [-0.2, 0) is 0 Å². The molecule has 0 aromatic carbocycles. The molecule has 1 fully saturated rings. The summed E-state index contributed by atoms with van der Waals surface area (Å²) in [5, 5.41) is 8.34. The summed E-state index contributed by atoms with van der Waals surface area (Å²) in [5.41, 5.74) is 0. The Bertz CT molecular complexity index is 503. The zero-order chi connectivity index (χ0) is 11.0. The Labute approximate surface area is 97.8 Å². The third-order valence-electron chi connectivity index (χ3n) is 2.84. The smallest absolute Gasteiger partial charge is 0.252 e. The van der Waals surface area contributed by atoms with Gasteiger partial charge in [-0.05, 0) is 19.4 Å². The molecule has 3 rings (SSSR count). The number of fused-ring (bicyclic) bond motifs is 1. The second-order valence-corrected chi connectivity index (χ2v) is 4.47. The molecular weight excluding hydrogens is 226 g/mol. The standard InChI is InChI=1S/C10H12ClN5/c11-8-5-13-10-14-9(15-16(10)6-8)7-2-1-3-12-4-7/h5-7,12H,1-4H2. The second kappa shape index (κ2) is 3.99. The number of rotatable bonds is 1. The van der Waals surface area contributed by atoms with Gasteiger partial charge in [0.25, 0.3) is 5.78 Å². The molecule has 0 bridgehead atoms. The first-order chi connectivity index (χ1) is 7.83. The van der Waals surface area contributed by atoms with Crippen molar-refractivity contribution in [1.29, 1.82) is 0 Å². The molecule has 0 aliphatic carbocycles. The summed E-state index contributed by atoms with van der Waals surface area (Å²) in [6, 6.07) is 0. The van der Waals surface area contributed by atoms with E-state index in [0.717, 1.165) is 25.3 Å². The molecule has 2 aromatic rings. The Kier molecular flexibility index (Phi) is 2.49. The average molecular weight is 238 g/mol. The molecule has 1 atom stereocenters. The van der Waals surface area contributed by atoms with E-state index >= 15 is 0 Å². The molecule has 84 valence electrons. The molecule has 5 nitrogen and oxygen atoms in total. The molecule has 1 unspecified atom stereocenters. The molecule has 0 saturated carbocycles. The number of aromatic nitrogens is 4. The van der Waals surface area contributed by atoms with Gasteiger partial charge in [0.15, 0.2) is 5.82 Å². The van der Waals surface area contributed by atoms with Crippen molar-refractivity contribution in [3.05, 3.63) is 23.2 Å². The topological polar surface area (TPSA) is 55.1 Å². The highest BCUT2D eigenvalue weighted by Gasteiger charge is 2.19. The van der Waals surface area contributed by atoms with Gasteiger partial charge in [-0.3, -0.25) is 0 Å². The van der Waals surface area contributed by atoms with Crippen LogP contribution in [0.4, 0.5) is 0 Å². The number of piperidine rings is 1. The van der Waals surface area contributed by atoms with Crippen molar-refractivity contribution in [3.8, 4) is 0 Å². The Morgan fingerprint density at radius 1 is 1.50 bits per heavy atom. The van der Waals surface area contributed by atoms with Crippen molar-refractivity contribution in [3.63, 3.8) is 0 Å². The van der Waals surface area contributed by atoms with Gasteiger partial charge in [0.1, 0.15) is 0 Å². The predicted octanol–water partition coefficient (Wildman–Crippen LogP) is 1.24. The highest BCUT2D eigenvalue weighted by molar-refractivity contribution is 6.30. The molecule has 1 aliphatic rings. The minimum absolute atomic E-state index is 0.397. The Hall–Kier alpha value is -1.20. The van der Waals surface area contributed by atoms with Crippen LogP contribution in [0, 0.1) is 0 Å². The summed E-state index contributed by atoms with van der Waals surface area (Å²) < 4.78 is 1.65. The zero-order valence-electron chi connectivity index (χ0n) is 8.73. The van der Waals surface area contributed by atoms with Crippen LogP contribution in [0.5, 0.6) is 0 Å². The van der Waals surface area contributed by atoms with Gasteiger partial charge < -0.3 is 5.32 Å². The van der Waals surface area contributed by atoms with E-state index < -0.39 is 0 Å². The summed E-state index contributed by atoms with van der Waals surface area (Å²) in [4.78, 5) is 8.55. The van der Waals surface area contributed by atoms with Gasteiger partial charge >= 0.3 is 0 Å². The molecule has 0 amide bonds. The molecule has 1 N–H and O–H groups in total. The summed E-state index contributed by atoms with van der Waals surface area (Å²) in [6.45, 7) is 2.04. The van der Waals surface area contributed by atoms with E-state index in [-0.39, 0.29) is 0 Å². The third kappa shape index (κ3) is 1.76. The van der Waals surface area contributed by atoms with Crippen molar-refractivity contribution in [1.82, 2.24) is 24.9 Å². The minimum atomic E-state index is 0.397. The number of nitrogens with zero attached hydrogens (tertiary/aromatic N) is 4. The first-order valence-corrected chi connectivity index (χ1v) is 5.79. The Morgan fingerprint density at radius 2 is 2.44 bits per heavy atom. The lowest BCUT2D eigenvalue weighted by Crippen LogP contribution is -2.28. The fourth-order valence-corrected chi connectivity index (χ4v) is 2.16. The highest BCUT2D eigenvalue weighted by Crippen LogP contribution is 2.20. The van der Waals surface area contributed by atoms with E-state index in [2.05, 4.69) is 20.4 Å². The van der Waals surface area contributed by atoms with Crippen molar-refractivity contribution >= 4 is 17.4 Å². The fraction of sp³-hybridized carbons (Fsp3) is 0.500. The van der Waals surface area contributed by atoms with Crippen molar-refractivity contribution in [2.24, 2.45) is 0 Å². The molecule has 0 spiro atoms. The van der Waals surface area contributed by atoms with E-state index in [9.17, 15) is 0 Å². The summed E-state index contributed by atoms with van der Waals surface area (Å²) in [5.74, 6) is 1.88. The SMILES string of the molecule is Clc1cnc2nc(C3CCCNC3)nn2c1. The maximum Gasteiger partial charge on any atom is 0.252 e. The maximum atomic E-state index is 5.85. The van der Waals surface area contributed by atoms with Gasteiger partial charge in [0, 0.05) is 12.5 Å². The van der Waals surface area contributed by atoms with Crippen LogP contribution in [0.3, 0.4) is 0 Å². The monoisotopic (exact) mass is 237 g/mol. The van der Waals surface area contributed by atoms with E-state index in [1.165, 1.54) is 6.42 Å². The Balaban J connectivity index is 1.97. The lowest BCUT2D eigenvalue weighted by Gasteiger charge is -2.19. The van der Waals surface area contributed by atoms with Crippen molar-refractivity contribution in [2.75, 3.05) is 13.1 Å². The van der Waals surface area contributed by atoms with Crippen LogP contribution in [0.25, 0.3) is 5.78 Å². The van der Waals surface area contributed by atoms with Gasteiger partial charge in [-0.25, -0.2) is 9.50 Å². The lowest BCUT2D eigenvalue weighted by molar-refractivity contribution is 0.447. The fourth-order valence-electron chi connectivity index (χ4n) is 2.02. The van der Waals surface area contributed by atoms with Crippen LogP contribution >= 0.6 is 11.6 Å². The predicted molar refractivity (Wildman–Crippen MR) is 60.6 cm³/mol. The zero-order valence-corrected chi connectivity index (χ0v) is 9.48. The molecule has 1 saturated heterocycles.